The molecule has 0 aliphatic rings. The number of anilines is 1. The third-order valence-electron chi connectivity index (χ3n) is 4.47. The first-order chi connectivity index (χ1) is 12.8. The Morgan fingerprint density at radius 1 is 1.00 bits per heavy atom. The Bertz CT molecular complexity index is 920. The Morgan fingerprint density at radius 3 is 2.15 bits per heavy atom. The highest BCUT2D eigenvalue weighted by molar-refractivity contribution is 5.93. The number of amides is 1. The largest absolute Gasteiger partial charge is 0.366 e. The van der Waals surface area contributed by atoms with Crippen LogP contribution in [0.25, 0.3) is 11.1 Å². The number of nitrogens with two attached hydrogens (primary N) is 1. The van der Waals surface area contributed by atoms with E-state index >= 15 is 0 Å². The van der Waals surface area contributed by atoms with Crippen LogP contribution in [0.15, 0.2) is 60.9 Å². The molecule has 1 heterocycles. The quantitative estimate of drug-likeness (QED) is 0.698. The van der Waals surface area contributed by atoms with E-state index in [1.807, 2.05) is 12.1 Å². The minimum absolute atomic E-state index is 0.208. The van der Waals surface area contributed by atoms with Crippen molar-refractivity contribution in [2.75, 3.05) is 11.9 Å². The van der Waals surface area contributed by atoms with Crippen LogP contribution < -0.4 is 11.1 Å². The number of hydrogen-bond donors (Lipinski definition) is 2. The van der Waals surface area contributed by atoms with Crippen molar-refractivity contribution in [3.8, 4) is 11.1 Å². The number of carbonyl (C=O) groups excluding carboxylic acids is 1. The topological polar surface area (TPSA) is 80.9 Å². The lowest BCUT2D eigenvalue weighted by atomic mass is 9.84. The Morgan fingerprint density at radius 2 is 1.59 bits per heavy atom. The van der Waals surface area contributed by atoms with Gasteiger partial charge in [-0.3, -0.25) is 4.79 Å². The van der Waals surface area contributed by atoms with Crippen LogP contribution in [0.1, 0.15) is 29.8 Å². The normalized spacial score (nSPS) is 11.2. The summed E-state index contributed by atoms with van der Waals surface area (Å²) in [6.45, 7) is 4.75. The van der Waals surface area contributed by atoms with Gasteiger partial charge < -0.3 is 11.1 Å². The summed E-state index contributed by atoms with van der Waals surface area (Å²) >= 11 is 0. The van der Waals surface area contributed by atoms with Crippen molar-refractivity contribution < 1.29 is 9.18 Å². The van der Waals surface area contributed by atoms with E-state index in [-0.39, 0.29) is 11.2 Å². The maximum atomic E-state index is 13.1. The third kappa shape index (κ3) is 4.47. The van der Waals surface area contributed by atoms with Crippen molar-refractivity contribution in [2.24, 2.45) is 5.73 Å². The summed E-state index contributed by atoms with van der Waals surface area (Å²) in [5.41, 5.74) is 8.27. The van der Waals surface area contributed by atoms with E-state index < -0.39 is 5.91 Å². The van der Waals surface area contributed by atoms with Gasteiger partial charge in [0.15, 0.2) is 0 Å². The lowest BCUT2D eigenvalue weighted by Gasteiger charge is -2.25. The number of rotatable bonds is 6. The Hall–Kier alpha value is -3.28. The average molecular weight is 364 g/mol. The monoisotopic (exact) mass is 364 g/mol. The van der Waals surface area contributed by atoms with Gasteiger partial charge in [0.05, 0.1) is 0 Å². The predicted molar refractivity (Wildman–Crippen MR) is 104 cm³/mol. The minimum atomic E-state index is -0.457. The van der Waals surface area contributed by atoms with Crippen LogP contribution in [0.4, 0.5) is 10.3 Å². The van der Waals surface area contributed by atoms with Crippen LogP contribution in [0.5, 0.6) is 0 Å². The molecule has 3 N–H and O–H groups in total. The molecule has 1 amide bonds. The van der Waals surface area contributed by atoms with Crippen molar-refractivity contribution >= 4 is 11.9 Å². The second kappa shape index (κ2) is 7.53. The summed E-state index contributed by atoms with van der Waals surface area (Å²) in [6.07, 6.45) is 3.44. The van der Waals surface area contributed by atoms with Crippen LogP contribution in [-0.4, -0.2) is 22.4 Å². The number of carbonyl (C=O) groups is 1. The van der Waals surface area contributed by atoms with E-state index in [2.05, 4.69) is 29.1 Å². The summed E-state index contributed by atoms with van der Waals surface area (Å²) in [4.78, 5) is 19.8. The summed E-state index contributed by atoms with van der Waals surface area (Å²) in [7, 11) is 0. The van der Waals surface area contributed by atoms with Gasteiger partial charge in [0.2, 0.25) is 11.9 Å². The van der Waals surface area contributed by atoms with Gasteiger partial charge in [-0.2, -0.15) is 0 Å². The maximum Gasteiger partial charge on any atom is 0.248 e. The van der Waals surface area contributed by atoms with Crippen LogP contribution in [0, 0.1) is 5.82 Å². The zero-order valence-corrected chi connectivity index (χ0v) is 15.2. The van der Waals surface area contributed by atoms with Gasteiger partial charge in [-0.25, -0.2) is 14.4 Å². The molecule has 2 aromatic carbocycles. The predicted octanol–water partition coefficient (Wildman–Crippen LogP) is 3.77. The molecule has 0 saturated heterocycles. The number of primary amides is 1. The fraction of sp³-hybridized carbons (Fsp3) is 0.190. The summed E-state index contributed by atoms with van der Waals surface area (Å²) in [5.74, 6) is -0.186. The van der Waals surface area contributed by atoms with Gasteiger partial charge in [0, 0.05) is 35.5 Å². The number of hydrogen-bond acceptors (Lipinski definition) is 4. The molecule has 0 bridgehead atoms. The number of benzene rings is 2. The zero-order valence-electron chi connectivity index (χ0n) is 15.2. The first kappa shape index (κ1) is 18.5. The van der Waals surface area contributed by atoms with Crippen LogP contribution >= 0.6 is 0 Å². The first-order valence-electron chi connectivity index (χ1n) is 8.57. The average Bonchev–Trinajstić information content (AvgIpc) is 2.67. The number of nitrogens with zero attached hydrogens (tertiary/aromatic N) is 2. The van der Waals surface area contributed by atoms with Crippen molar-refractivity contribution in [1.29, 1.82) is 0 Å². The van der Waals surface area contributed by atoms with E-state index in [0.29, 0.717) is 18.1 Å². The Balaban J connectivity index is 1.66. The van der Waals surface area contributed by atoms with Gasteiger partial charge in [-0.05, 0) is 35.4 Å². The van der Waals surface area contributed by atoms with Crippen molar-refractivity contribution in [3.05, 3.63) is 77.9 Å². The molecule has 0 spiro atoms. The Kier molecular flexibility index (Phi) is 5.16. The minimum Gasteiger partial charge on any atom is -0.366 e. The summed E-state index contributed by atoms with van der Waals surface area (Å²) in [5, 5.41) is 3.22. The molecule has 0 aliphatic carbocycles. The van der Waals surface area contributed by atoms with Crippen LogP contribution in [0.2, 0.25) is 0 Å². The molecule has 0 saturated carbocycles. The molecular formula is C21H21FN4O. The Labute approximate surface area is 157 Å². The van der Waals surface area contributed by atoms with E-state index in [1.165, 1.54) is 12.1 Å². The van der Waals surface area contributed by atoms with Gasteiger partial charge in [0.1, 0.15) is 5.82 Å². The van der Waals surface area contributed by atoms with E-state index in [0.717, 1.165) is 16.7 Å². The standard InChI is InChI=1S/C21H21FN4O/c1-21(2,17-7-9-18(22)10-8-17)13-26-20-24-11-16(12-25-20)14-3-5-15(6-4-14)19(23)27/h3-12H,13H2,1-2H3,(H2,23,27)(H,24,25,26). The highest BCUT2D eigenvalue weighted by Gasteiger charge is 2.20. The number of aromatic nitrogens is 2. The van der Waals surface area contributed by atoms with Crippen molar-refractivity contribution in [1.82, 2.24) is 9.97 Å². The van der Waals surface area contributed by atoms with Gasteiger partial charge in [-0.1, -0.05) is 38.1 Å². The molecule has 6 heteroatoms. The summed E-state index contributed by atoms with van der Waals surface area (Å²) < 4.78 is 13.1. The van der Waals surface area contributed by atoms with Gasteiger partial charge in [0.25, 0.3) is 0 Å². The molecule has 1 aromatic heterocycles. The van der Waals surface area contributed by atoms with Crippen molar-refractivity contribution in [2.45, 2.75) is 19.3 Å². The van der Waals surface area contributed by atoms with E-state index in [4.69, 9.17) is 5.73 Å². The van der Waals surface area contributed by atoms with Crippen molar-refractivity contribution in [3.63, 3.8) is 0 Å². The zero-order chi connectivity index (χ0) is 19.4. The molecule has 0 unspecified atom stereocenters. The first-order valence-corrected chi connectivity index (χ1v) is 8.57. The van der Waals surface area contributed by atoms with Crippen LogP contribution in [-0.2, 0) is 5.41 Å². The second-order valence-corrected chi connectivity index (χ2v) is 6.98. The van der Waals surface area contributed by atoms with Gasteiger partial charge >= 0.3 is 0 Å². The fourth-order valence-electron chi connectivity index (χ4n) is 2.70. The highest BCUT2D eigenvalue weighted by Crippen LogP contribution is 2.24. The molecule has 27 heavy (non-hydrogen) atoms. The molecule has 0 aliphatic heterocycles. The second-order valence-electron chi connectivity index (χ2n) is 6.98. The van der Waals surface area contributed by atoms with E-state index in [1.54, 1.807) is 36.7 Å². The molecule has 5 nitrogen and oxygen atoms in total. The molecule has 0 atom stereocenters. The summed E-state index contributed by atoms with van der Waals surface area (Å²) in [6, 6.07) is 13.5. The van der Waals surface area contributed by atoms with Gasteiger partial charge in [-0.15, -0.1) is 0 Å². The molecule has 3 rings (SSSR count). The van der Waals surface area contributed by atoms with E-state index in [9.17, 15) is 9.18 Å². The molecule has 138 valence electrons. The lowest BCUT2D eigenvalue weighted by Crippen LogP contribution is -2.28. The molecule has 0 fully saturated rings. The third-order valence-corrected chi connectivity index (χ3v) is 4.47. The molecular weight excluding hydrogens is 343 g/mol. The number of nitrogens with one attached hydrogen (secondary N) is 1. The maximum absolute atomic E-state index is 13.1. The smallest absolute Gasteiger partial charge is 0.248 e. The lowest BCUT2D eigenvalue weighted by molar-refractivity contribution is 0.100. The SMILES string of the molecule is CC(C)(CNc1ncc(-c2ccc(C(N)=O)cc2)cn1)c1ccc(F)cc1. The molecule has 0 radical (unpaired) electrons. The van der Waals surface area contributed by atoms with Crippen LogP contribution in [0.3, 0.4) is 0 Å². The fourth-order valence-corrected chi connectivity index (χ4v) is 2.70. The number of halogens is 1. The highest BCUT2D eigenvalue weighted by atomic mass is 19.1. The molecule has 3 aromatic rings.